The number of ether oxygens (including phenoxy) is 4. The minimum absolute atomic E-state index is 0.0765. The second-order valence-corrected chi connectivity index (χ2v) is 9.41. The Morgan fingerprint density at radius 3 is 2.78 bits per heavy atom. The number of urea groups is 1. The molecule has 0 bridgehead atoms. The topological polar surface area (TPSA) is 96.5 Å². The smallest absolute Gasteiger partial charge is 0.320 e. The van der Waals surface area contributed by atoms with Gasteiger partial charge in [-0.05, 0) is 73.2 Å². The number of morpholine rings is 1. The van der Waals surface area contributed by atoms with Crippen molar-refractivity contribution in [3.8, 4) is 17.2 Å². The van der Waals surface area contributed by atoms with Crippen LogP contribution in [-0.2, 0) is 17.6 Å². The van der Waals surface area contributed by atoms with E-state index in [9.17, 15) is 9.90 Å². The number of aliphatic hydroxyl groups is 1. The lowest BCUT2D eigenvalue weighted by Gasteiger charge is -2.42. The Balaban J connectivity index is 1.48. The summed E-state index contributed by atoms with van der Waals surface area (Å²) < 4.78 is 22.2. The number of nitrogens with one attached hydrogen (secondary N) is 1. The van der Waals surface area contributed by atoms with Crippen LogP contribution < -0.4 is 14.2 Å². The molecule has 2 aliphatic heterocycles. The molecule has 2 unspecified atom stereocenters. The highest BCUT2D eigenvalue weighted by molar-refractivity contribution is 5.84. The molecule has 3 heterocycles. The van der Waals surface area contributed by atoms with Gasteiger partial charge in [-0.3, -0.25) is 0 Å². The number of benzene rings is 2. The van der Waals surface area contributed by atoms with Crippen molar-refractivity contribution >= 4 is 16.9 Å². The van der Waals surface area contributed by atoms with Crippen LogP contribution in [-0.4, -0.2) is 79.3 Å². The molecule has 2 aliphatic rings. The molecule has 0 spiro atoms. The number of methoxy groups -OCH3 is 2. The molecule has 3 aromatic rings. The molecule has 37 heavy (non-hydrogen) atoms. The maximum atomic E-state index is 13.7. The van der Waals surface area contributed by atoms with Crippen LogP contribution in [0.1, 0.15) is 36.1 Å². The molecule has 9 nitrogen and oxygen atoms in total. The van der Waals surface area contributed by atoms with Gasteiger partial charge in [-0.1, -0.05) is 0 Å². The van der Waals surface area contributed by atoms with Crippen molar-refractivity contribution in [2.75, 3.05) is 47.1 Å². The third-order valence-corrected chi connectivity index (χ3v) is 7.31. The Bertz CT molecular complexity index is 1260. The fourth-order valence-electron chi connectivity index (χ4n) is 5.45. The van der Waals surface area contributed by atoms with E-state index in [1.54, 1.807) is 19.1 Å². The van der Waals surface area contributed by atoms with Crippen molar-refractivity contribution in [1.29, 1.82) is 0 Å². The monoisotopic (exact) mass is 509 g/mol. The first-order valence-electron chi connectivity index (χ1n) is 12.8. The normalized spacial score (nSPS) is 19.6. The van der Waals surface area contributed by atoms with Crippen LogP contribution in [0.3, 0.4) is 0 Å². The van der Waals surface area contributed by atoms with Gasteiger partial charge in [-0.15, -0.1) is 0 Å². The Morgan fingerprint density at radius 1 is 1.16 bits per heavy atom. The SMILES string of the molecule is CCOc1cc2c(cc1OC)CCN(C(=O)N1CCOC(O)C1)C2CCc1c[nH]c2ccc(OC)cc12. The number of aromatic nitrogens is 1. The number of nitrogens with zero attached hydrogens (tertiary/aromatic N) is 2. The number of aryl methyl sites for hydroxylation is 1. The molecule has 2 aromatic carbocycles. The van der Waals surface area contributed by atoms with Crippen molar-refractivity contribution < 1.29 is 28.8 Å². The standard InChI is InChI=1S/C28H35N3O6/c1-4-36-26-15-22-18(13-25(26)35-3)9-10-31(28(33)30-11-12-37-27(32)17-30)24(22)8-5-19-16-29-23-7-6-20(34-2)14-21(19)23/h6-7,13-16,24,27,29,32H,4-5,8-12,17H2,1-3H3. The zero-order chi connectivity index (χ0) is 25.9. The molecule has 9 heteroatoms. The molecule has 1 aromatic heterocycles. The van der Waals surface area contributed by atoms with E-state index in [-0.39, 0.29) is 18.6 Å². The summed E-state index contributed by atoms with van der Waals surface area (Å²) in [6.45, 7) is 4.01. The number of β-amino-alcohol motifs (C(OH)–C–C–N with tert-alkyl or cyclic N) is 1. The van der Waals surface area contributed by atoms with Crippen molar-refractivity contribution in [2.24, 2.45) is 0 Å². The highest BCUT2D eigenvalue weighted by Gasteiger charge is 2.36. The van der Waals surface area contributed by atoms with Crippen molar-refractivity contribution in [3.63, 3.8) is 0 Å². The predicted molar refractivity (Wildman–Crippen MR) is 139 cm³/mol. The molecule has 198 valence electrons. The molecule has 0 saturated carbocycles. The van der Waals surface area contributed by atoms with E-state index < -0.39 is 6.29 Å². The minimum atomic E-state index is -0.955. The van der Waals surface area contributed by atoms with Gasteiger partial charge in [0.25, 0.3) is 0 Å². The number of carbonyl (C=O) groups excluding carboxylic acids is 1. The van der Waals surface area contributed by atoms with Gasteiger partial charge in [-0.2, -0.15) is 0 Å². The van der Waals surface area contributed by atoms with Gasteiger partial charge in [0.15, 0.2) is 17.8 Å². The summed E-state index contributed by atoms with van der Waals surface area (Å²) in [7, 11) is 3.32. The molecule has 5 rings (SSSR count). The van der Waals surface area contributed by atoms with Crippen LogP contribution in [0.25, 0.3) is 10.9 Å². The number of aromatic amines is 1. The quantitative estimate of drug-likeness (QED) is 0.502. The minimum Gasteiger partial charge on any atom is -0.497 e. The van der Waals surface area contributed by atoms with E-state index in [0.29, 0.717) is 37.8 Å². The highest BCUT2D eigenvalue weighted by atomic mass is 16.6. The Morgan fingerprint density at radius 2 is 2.03 bits per heavy atom. The highest BCUT2D eigenvalue weighted by Crippen LogP contribution is 2.41. The summed E-state index contributed by atoms with van der Waals surface area (Å²) in [6, 6.07) is 9.86. The first kappa shape index (κ1) is 25.2. The largest absolute Gasteiger partial charge is 0.497 e. The van der Waals surface area contributed by atoms with Gasteiger partial charge >= 0.3 is 6.03 Å². The van der Waals surface area contributed by atoms with Gasteiger partial charge in [0.05, 0.1) is 40.0 Å². The lowest BCUT2D eigenvalue weighted by atomic mass is 9.88. The Kier molecular flexibility index (Phi) is 7.43. The fraction of sp³-hybridized carbons (Fsp3) is 0.464. The summed E-state index contributed by atoms with van der Waals surface area (Å²) >= 11 is 0. The van der Waals surface area contributed by atoms with Crippen LogP contribution in [0.2, 0.25) is 0 Å². The van der Waals surface area contributed by atoms with Gasteiger partial charge in [0, 0.05) is 30.2 Å². The zero-order valence-electron chi connectivity index (χ0n) is 21.7. The Labute approximate surface area is 216 Å². The van der Waals surface area contributed by atoms with Gasteiger partial charge < -0.3 is 38.8 Å². The van der Waals surface area contributed by atoms with E-state index in [1.165, 1.54) is 5.56 Å². The van der Waals surface area contributed by atoms with E-state index in [4.69, 9.17) is 18.9 Å². The van der Waals surface area contributed by atoms with E-state index in [0.717, 1.165) is 47.0 Å². The average molecular weight is 510 g/mol. The number of carbonyl (C=O) groups is 1. The van der Waals surface area contributed by atoms with Gasteiger partial charge in [0.2, 0.25) is 0 Å². The molecule has 0 radical (unpaired) electrons. The number of hydrogen-bond acceptors (Lipinski definition) is 6. The molecule has 1 fully saturated rings. The summed E-state index contributed by atoms with van der Waals surface area (Å²) in [5.74, 6) is 2.20. The molecule has 0 aliphatic carbocycles. The van der Waals surface area contributed by atoms with Gasteiger partial charge in [0.1, 0.15) is 5.75 Å². The molecule has 2 N–H and O–H groups in total. The summed E-state index contributed by atoms with van der Waals surface area (Å²) in [6.07, 6.45) is 3.30. The number of fused-ring (bicyclic) bond motifs is 2. The molecule has 2 atom stereocenters. The number of hydrogen-bond donors (Lipinski definition) is 2. The number of H-pyrrole nitrogens is 1. The van der Waals surface area contributed by atoms with Crippen LogP contribution in [0, 0.1) is 0 Å². The van der Waals surface area contributed by atoms with Crippen molar-refractivity contribution in [1.82, 2.24) is 14.8 Å². The predicted octanol–water partition coefficient (Wildman–Crippen LogP) is 3.89. The molecule has 2 amide bonds. The molecular weight excluding hydrogens is 474 g/mol. The summed E-state index contributed by atoms with van der Waals surface area (Å²) in [5, 5.41) is 11.1. The average Bonchev–Trinajstić information content (AvgIpc) is 3.33. The van der Waals surface area contributed by atoms with E-state index in [1.807, 2.05) is 48.4 Å². The number of amides is 2. The summed E-state index contributed by atoms with van der Waals surface area (Å²) in [4.78, 5) is 20.7. The second kappa shape index (κ2) is 10.9. The lowest BCUT2D eigenvalue weighted by molar-refractivity contribution is -0.138. The molecule has 1 saturated heterocycles. The maximum Gasteiger partial charge on any atom is 0.320 e. The first-order valence-corrected chi connectivity index (χ1v) is 12.8. The Hall–Kier alpha value is -3.43. The molecular formula is C28H35N3O6. The van der Waals surface area contributed by atoms with E-state index in [2.05, 4.69) is 4.98 Å². The number of aliphatic hydroxyl groups excluding tert-OH is 1. The van der Waals surface area contributed by atoms with E-state index >= 15 is 0 Å². The van der Waals surface area contributed by atoms with Gasteiger partial charge in [-0.25, -0.2) is 4.79 Å². The van der Waals surface area contributed by atoms with Crippen LogP contribution >= 0.6 is 0 Å². The maximum absolute atomic E-state index is 13.7. The summed E-state index contributed by atoms with van der Waals surface area (Å²) in [5.41, 5.74) is 4.47. The lowest BCUT2D eigenvalue weighted by Crippen LogP contribution is -2.53. The second-order valence-electron chi connectivity index (χ2n) is 9.41. The number of rotatable bonds is 7. The third-order valence-electron chi connectivity index (χ3n) is 7.31. The first-order chi connectivity index (χ1) is 18.0. The van der Waals surface area contributed by atoms with Crippen LogP contribution in [0.4, 0.5) is 4.79 Å². The zero-order valence-corrected chi connectivity index (χ0v) is 21.7. The third kappa shape index (κ3) is 5.06. The fourth-order valence-corrected chi connectivity index (χ4v) is 5.45. The van der Waals surface area contributed by atoms with Crippen molar-refractivity contribution in [2.45, 2.75) is 38.5 Å². The van der Waals surface area contributed by atoms with Crippen LogP contribution in [0.5, 0.6) is 17.2 Å². The van der Waals surface area contributed by atoms with Crippen LogP contribution in [0.15, 0.2) is 36.5 Å². The van der Waals surface area contributed by atoms with Crippen molar-refractivity contribution in [3.05, 3.63) is 53.2 Å².